The van der Waals surface area contributed by atoms with Gasteiger partial charge in [-0.1, -0.05) is 55.3 Å². The summed E-state index contributed by atoms with van der Waals surface area (Å²) in [4.78, 5) is 12.5. The van der Waals surface area contributed by atoms with Gasteiger partial charge in [0.25, 0.3) is 0 Å². The molecule has 1 atom stereocenters. The number of aryl methyl sites for hydroxylation is 1. The molecule has 0 aliphatic heterocycles. The minimum Gasteiger partial charge on any atom is -0.461 e. The zero-order chi connectivity index (χ0) is 31.2. The topological polar surface area (TPSA) is 127 Å². The van der Waals surface area contributed by atoms with Gasteiger partial charge in [0.05, 0.1) is 23.6 Å². The second kappa shape index (κ2) is 17.0. The molecule has 4 rings (SSSR count). The van der Waals surface area contributed by atoms with Crippen LogP contribution in [0.3, 0.4) is 0 Å². The monoisotopic (exact) mass is 622 g/mol. The molecule has 0 saturated heterocycles. The summed E-state index contributed by atoms with van der Waals surface area (Å²) in [5.41, 5.74) is 1.86. The van der Waals surface area contributed by atoms with Crippen LogP contribution >= 0.6 is 0 Å². The molecule has 3 aromatic carbocycles. The van der Waals surface area contributed by atoms with Crippen LogP contribution in [-0.2, 0) is 21.2 Å². The van der Waals surface area contributed by atoms with Gasteiger partial charge in [0, 0.05) is 31.6 Å². The van der Waals surface area contributed by atoms with Gasteiger partial charge in [0.15, 0.2) is 5.75 Å². The van der Waals surface area contributed by atoms with E-state index in [0.717, 1.165) is 87.7 Å². The van der Waals surface area contributed by atoms with E-state index in [9.17, 15) is 18.3 Å². The van der Waals surface area contributed by atoms with Crippen LogP contribution in [0, 0.1) is 0 Å². The molecule has 10 heteroatoms. The molecule has 0 saturated carbocycles. The first-order valence-corrected chi connectivity index (χ1v) is 17.0. The maximum absolute atomic E-state index is 12.5. The van der Waals surface area contributed by atoms with Crippen molar-refractivity contribution in [2.24, 2.45) is 0 Å². The van der Waals surface area contributed by atoms with Crippen LogP contribution in [0.2, 0.25) is 0 Å². The van der Waals surface area contributed by atoms with Crippen molar-refractivity contribution >= 4 is 32.6 Å². The number of para-hydroxylation sites is 1. The second-order valence-electron chi connectivity index (χ2n) is 10.8. The van der Waals surface area contributed by atoms with Crippen molar-refractivity contribution in [3.8, 4) is 5.75 Å². The lowest BCUT2D eigenvalue weighted by atomic mass is 10.1. The lowest BCUT2D eigenvalue weighted by Crippen LogP contribution is -2.23. The number of unbranched alkanes of at least 4 members (excludes halogenated alkanes) is 4. The van der Waals surface area contributed by atoms with Crippen molar-refractivity contribution in [1.82, 2.24) is 5.32 Å². The van der Waals surface area contributed by atoms with Crippen LogP contribution in [0.25, 0.3) is 11.0 Å². The van der Waals surface area contributed by atoms with E-state index in [1.807, 2.05) is 18.2 Å². The number of aliphatic hydroxyl groups is 1. The fraction of sp³-hybridized carbons (Fsp3) is 0.382. The largest absolute Gasteiger partial charge is 0.461 e. The molecule has 236 valence electrons. The number of hydrogen-bond acceptors (Lipinski definition) is 8. The highest BCUT2D eigenvalue weighted by molar-refractivity contribution is 7.92. The number of aliphatic hydroxyl groups excluding tert-OH is 1. The number of esters is 1. The molecular formula is C34H42N2O7S. The van der Waals surface area contributed by atoms with Crippen molar-refractivity contribution in [3.05, 3.63) is 95.7 Å². The third-order valence-corrected chi connectivity index (χ3v) is 7.65. The Morgan fingerprint density at radius 2 is 1.61 bits per heavy atom. The van der Waals surface area contributed by atoms with Crippen LogP contribution in [-0.4, -0.2) is 52.1 Å². The summed E-state index contributed by atoms with van der Waals surface area (Å²) in [7, 11) is -3.65. The molecule has 1 unspecified atom stereocenters. The van der Waals surface area contributed by atoms with Crippen molar-refractivity contribution < 1.29 is 32.2 Å². The molecular weight excluding hydrogens is 580 g/mol. The number of carbonyl (C=O) groups excluding carboxylic acids is 1. The molecule has 44 heavy (non-hydrogen) atoms. The van der Waals surface area contributed by atoms with Gasteiger partial charge in [-0.2, -0.15) is 0 Å². The molecule has 0 radical (unpaired) electrons. The first-order valence-electron chi connectivity index (χ1n) is 15.1. The molecule has 0 bridgehead atoms. The zero-order valence-electron chi connectivity index (χ0n) is 25.2. The third-order valence-electron chi connectivity index (χ3n) is 7.06. The number of sulfonamides is 1. The molecule has 0 fully saturated rings. The smallest absolute Gasteiger partial charge is 0.343 e. The molecule has 3 N–H and O–H groups in total. The van der Waals surface area contributed by atoms with E-state index in [2.05, 4.69) is 22.2 Å². The lowest BCUT2D eigenvalue weighted by molar-refractivity contribution is 0.0735. The number of carbonyl (C=O) groups is 1. The molecule has 0 spiro atoms. The van der Waals surface area contributed by atoms with Crippen molar-refractivity contribution in [2.45, 2.75) is 51.0 Å². The maximum Gasteiger partial charge on any atom is 0.343 e. The molecule has 9 nitrogen and oxygen atoms in total. The minimum atomic E-state index is -3.65. The number of benzene rings is 3. The molecule has 1 heterocycles. The van der Waals surface area contributed by atoms with Gasteiger partial charge in [-0.15, -0.1) is 0 Å². The van der Waals surface area contributed by atoms with Gasteiger partial charge < -0.3 is 24.3 Å². The summed E-state index contributed by atoms with van der Waals surface area (Å²) in [6.45, 7) is 2.58. The number of nitrogens with one attached hydrogen (secondary N) is 2. The quantitative estimate of drug-likeness (QED) is 0.0637. The number of furan rings is 1. The number of anilines is 1. The predicted molar refractivity (Wildman–Crippen MR) is 173 cm³/mol. The van der Waals surface area contributed by atoms with E-state index in [0.29, 0.717) is 17.7 Å². The standard InChI is InChI=1S/C34H42N2O7S/c1-44(39,40)36-30-24-27(18-19-33(30)43-34(38)26-13-5-4-6-14-26)31(37)25-35-20-10-2-3-11-21-41-22-12-9-16-29-23-28-15-7-8-17-32(28)42-29/h4-8,13-15,17-19,23-24,31,35-37H,2-3,9-12,16,20-22,25H2,1H3. The van der Waals surface area contributed by atoms with Gasteiger partial charge in [0.2, 0.25) is 10.0 Å². The summed E-state index contributed by atoms with van der Waals surface area (Å²) >= 11 is 0. The van der Waals surface area contributed by atoms with Gasteiger partial charge >= 0.3 is 5.97 Å². The highest BCUT2D eigenvalue weighted by Gasteiger charge is 2.17. The van der Waals surface area contributed by atoms with Gasteiger partial charge in [-0.05, 0) is 74.2 Å². The Hall–Kier alpha value is -3.70. The molecule has 0 amide bonds. The Labute approximate surface area is 259 Å². The molecule has 0 aliphatic rings. The average Bonchev–Trinajstić information content (AvgIpc) is 3.43. The van der Waals surface area contributed by atoms with Crippen molar-refractivity contribution in [2.75, 3.05) is 37.3 Å². The second-order valence-corrected chi connectivity index (χ2v) is 12.6. The van der Waals surface area contributed by atoms with E-state index in [1.54, 1.807) is 36.4 Å². The number of hydrogen-bond donors (Lipinski definition) is 3. The van der Waals surface area contributed by atoms with E-state index < -0.39 is 22.1 Å². The van der Waals surface area contributed by atoms with Crippen LogP contribution in [0.1, 0.15) is 66.3 Å². The van der Waals surface area contributed by atoms with Gasteiger partial charge in [-0.25, -0.2) is 13.2 Å². The predicted octanol–water partition coefficient (Wildman–Crippen LogP) is 6.25. The van der Waals surface area contributed by atoms with Gasteiger partial charge in [-0.3, -0.25) is 4.72 Å². The normalized spacial score (nSPS) is 12.3. The molecule has 0 aliphatic carbocycles. The van der Waals surface area contributed by atoms with E-state index in [-0.39, 0.29) is 11.4 Å². The summed E-state index contributed by atoms with van der Waals surface area (Å²) < 4.78 is 43.3. The Morgan fingerprint density at radius 1 is 0.886 bits per heavy atom. The van der Waals surface area contributed by atoms with Crippen LogP contribution in [0.4, 0.5) is 5.69 Å². The zero-order valence-corrected chi connectivity index (χ0v) is 26.0. The Morgan fingerprint density at radius 3 is 2.39 bits per heavy atom. The van der Waals surface area contributed by atoms with E-state index in [1.165, 1.54) is 12.1 Å². The molecule has 1 aromatic heterocycles. The minimum absolute atomic E-state index is 0.0554. The van der Waals surface area contributed by atoms with Gasteiger partial charge in [0.1, 0.15) is 11.3 Å². The third kappa shape index (κ3) is 11.1. The maximum atomic E-state index is 12.5. The number of rotatable bonds is 19. The number of fused-ring (bicyclic) bond motifs is 1. The van der Waals surface area contributed by atoms with E-state index in [4.69, 9.17) is 13.9 Å². The van der Waals surface area contributed by atoms with E-state index >= 15 is 0 Å². The Balaban J connectivity index is 1.07. The Bertz CT molecular complexity index is 1540. The van der Waals surface area contributed by atoms with Crippen LogP contribution < -0.4 is 14.8 Å². The SMILES string of the molecule is CS(=O)(=O)Nc1cc(C(O)CNCCCCCCOCCCCc2cc3ccccc3o2)ccc1OC(=O)c1ccccc1. The Kier molecular flexibility index (Phi) is 12.8. The fourth-order valence-corrected chi connectivity index (χ4v) is 5.35. The lowest BCUT2D eigenvalue weighted by Gasteiger charge is -2.16. The summed E-state index contributed by atoms with van der Waals surface area (Å²) in [5.74, 6) is 0.472. The number of ether oxygens (including phenoxy) is 2. The average molecular weight is 623 g/mol. The van der Waals surface area contributed by atoms with Crippen LogP contribution in [0.15, 0.2) is 83.3 Å². The van der Waals surface area contributed by atoms with Crippen molar-refractivity contribution in [3.63, 3.8) is 0 Å². The first-order chi connectivity index (χ1) is 21.3. The fourth-order valence-electron chi connectivity index (χ4n) is 4.79. The summed E-state index contributed by atoms with van der Waals surface area (Å²) in [5, 5.41) is 15.1. The van der Waals surface area contributed by atoms with Crippen LogP contribution in [0.5, 0.6) is 5.75 Å². The first kappa shape index (κ1) is 33.2. The summed E-state index contributed by atoms with van der Waals surface area (Å²) in [6.07, 6.45) is 7.24. The highest BCUT2D eigenvalue weighted by atomic mass is 32.2. The molecule has 4 aromatic rings. The highest BCUT2D eigenvalue weighted by Crippen LogP contribution is 2.30. The van der Waals surface area contributed by atoms with Crippen molar-refractivity contribution in [1.29, 1.82) is 0 Å². The summed E-state index contributed by atoms with van der Waals surface area (Å²) in [6, 6.07) is 23.2.